The summed E-state index contributed by atoms with van der Waals surface area (Å²) >= 11 is 0. The summed E-state index contributed by atoms with van der Waals surface area (Å²) in [6.07, 6.45) is 0. The molecule has 2 aromatic rings. The zero-order valence-corrected chi connectivity index (χ0v) is 14.9. The molecule has 0 bridgehead atoms. The van der Waals surface area contributed by atoms with Gasteiger partial charge in [0.15, 0.2) is 6.61 Å². The smallest absolute Gasteiger partial charge is 0.265 e. The largest absolute Gasteiger partial charge is 0.497 e. The van der Waals surface area contributed by atoms with Gasteiger partial charge in [-0.2, -0.15) is 0 Å². The molecule has 7 nitrogen and oxygen atoms in total. The molecule has 0 atom stereocenters. The van der Waals surface area contributed by atoms with Crippen molar-refractivity contribution in [3.05, 3.63) is 54.1 Å². The molecule has 0 unspecified atom stereocenters. The summed E-state index contributed by atoms with van der Waals surface area (Å²) in [4.78, 5) is 28.0. The van der Waals surface area contributed by atoms with E-state index in [4.69, 9.17) is 9.57 Å². The van der Waals surface area contributed by atoms with Gasteiger partial charge in [0, 0.05) is 18.3 Å². The molecule has 0 aromatic heterocycles. The van der Waals surface area contributed by atoms with Crippen LogP contribution in [0.1, 0.15) is 19.4 Å². The van der Waals surface area contributed by atoms with E-state index in [9.17, 15) is 9.59 Å². The Balaban J connectivity index is 1.84. The first kappa shape index (κ1) is 19.0. The van der Waals surface area contributed by atoms with Crippen LogP contribution in [0.15, 0.2) is 53.7 Å². The summed E-state index contributed by atoms with van der Waals surface area (Å²) in [5.41, 5.74) is 2.80. The van der Waals surface area contributed by atoms with E-state index in [1.807, 2.05) is 12.1 Å². The molecule has 7 heteroatoms. The standard InChI is InChI=1S/C19H21N3O4/c1-13(15-4-6-16(7-5-15)20-14(2)23)22-26-12-19(24)21-17-8-10-18(25-3)11-9-17/h4-11H,12H2,1-3H3,(H,20,23)(H,21,24)/b22-13+. The number of carbonyl (C=O) groups is 2. The maximum Gasteiger partial charge on any atom is 0.265 e. The average molecular weight is 355 g/mol. The monoisotopic (exact) mass is 355 g/mol. The normalized spacial score (nSPS) is 10.8. The second-order valence-electron chi connectivity index (χ2n) is 5.49. The van der Waals surface area contributed by atoms with Crippen molar-refractivity contribution in [3.63, 3.8) is 0 Å². The van der Waals surface area contributed by atoms with Crippen molar-refractivity contribution in [2.75, 3.05) is 24.4 Å². The van der Waals surface area contributed by atoms with Gasteiger partial charge in [0.1, 0.15) is 5.75 Å². The zero-order chi connectivity index (χ0) is 18.9. The maximum absolute atomic E-state index is 11.9. The number of nitrogens with one attached hydrogen (secondary N) is 2. The molecule has 2 N–H and O–H groups in total. The Morgan fingerprint density at radius 1 is 0.923 bits per heavy atom. The Bertz CT molecular complexity index is 783. The molecule has 0 aliphatic rings. The fourth-order valence-corrected chi connectivity index (χ4v) is 2.11. The predicted molar refractivity (Wildman–Crippen MR) is 101 cm³/mol. The first-order chi connectivity index (χ1) is 12.5. The number of rotatable bonds is 7. The molecule has 2 rings (SSSR count). The Labute approximate surface area is 152 Å². The highest BCUT2D eigenvalue weighted by Gasteiger charge is 2.04. The number of benzene rings is 2. The summed E-state index contributed by atoms with van der Waals surface area (Å²) in [6, 6.07) is 14.1. The lowest BCUT2D eigenvalue weighted by Crippen LogP contribution is -2.17. The predicted octanol–water partition coefficient (Wildman–Crippen LogP) is 3.03. The minimum absolute atomic E-state index is 0.130. The van der Waals surface area contributed by atoms with Gasteiger partial charge < -0.3 is 20.2 Å². The highest BCUT2D eigenvalue weighted by atomic mass is 16.6. The van der Waals surface area contributed by atoms with Crippen LogP contribution < -0.4 is 15.4 Å². The van der Waals surface area contributed by atoms with Crippen molar-refractivity contribution in [1.82, 2.24) is 0 Å². The van der Waals surface area contributed by atoms with Crippen molar-refractivity contribution >= 4 is 28.9 Å². The van der Waals surface area contributed by atoms with E-state index in [0.717, 1.165) is 5.56 Å². The third kappa shape index (κ3) is 5.94. The van der Waals surface area contributed by atoms with Gasteiger partial charge in [0.05, 0.1) is 12.8 Å². The van der Waals surface area contributed by atoms with Crippen LogP contribution in [0.3, 0.4) is 0 Å². The summed E-state index contributed by atoms with van der Waals surface area (Å²) < 4.78 is 5.06. The molecule has 0 aliphatic heterocycles. The molecular formula is C19H21N3O4. The molecule has 26 heavy (non-hydrogen) atoms. The summed E-state index contributed by atoms with van der Waals surface area (Å²) in [7, 11) is 1.58. The van der Waals surface area contributed by atoms with E-state index in [0.29, 0.717) is 22.8 Å². The number of methoxy groups -OCH3 is 1. The van der Waals surface area contributed by atoms with Gasteiger partial charge in [-0.1, -0.05) is 17.3 Å². The van der Waals surface area contributed by atoms with E-state index in [1.165, 1.54) is 6.92 Å². The number of nitrogens with zero attached hydrogens (tertiary/aromatic N) is 1. The molecule has 2 amide bonds. The van der Waals surface area contributed by atoms with Crippen LogP contribution >= 0.6 is 0 Å². The second kappa shape index (κ2) is 9.22. The third-order valence-electron chi connectivity index (χ3n) is 3.39. The quantitative estimate of drug-likeness (QED) is 0.590. The van der Waals surface area contributed by atoms with Crippen LogP contribution in [-0.2, 0) is 14.4 Å². The fraction of sp³-hybridized carbons (Fsp3) is 0.211. The SMILES string of the molecule is COc1ccc(NC(=O)CO/N=C(\C)c2ccc(NC(C)=O)cc2)cc1. The highest BCUT2D eigenvalue weighted by Crippen LogP contribution is 2.15. The van der Waals surface area contributed by atoms with Crippen LogP contribution in [0.4, 0.5) is 11.4 Å². The zero-order valence-electron chi connectivity index (χ0n) is 14.9. The Hall–Kier alpha value is -3.35. The second-order valence-corrected chi connectivity index (χ2v) is 5.49. The van der Waals surface area contributed by atoms with E-state index < -0.39 is 0 Å². The van der Waals surface area contributed by atoms with Crippen molar-refractivity contribution in [2.45, 2.75) is 13.8 Å². The topological polar surface area (TPSA) is 89.0 Å². The molecule has 0 aliphatic carbocycles. The number of amides is 2. The van der Waals surface area contributed by atoms with E-state index in [2.05, 4.69) is 15.8 Å². The van der Waals surface area contributed by atoms with E-state index >= 15 is 0 Å². The molecule has 0 heterocycles. The van der Waals surface area contributed by atoms with Crippen LogP contribution in [0.2, 0.25) is 0 Å². The Kier molecular flexibility index (Phi) is 6.73. The van der Waals surface area contributed by atoms with Gasteiger partial charge in [-0.25, -0.2) is 0 Å². The van der Waals surface area contributed by atoms with E-state index in [-0.39, 0.29) is 18.4 Å². The number of hydrogen-bond acceptors (Lipinski definition) is 5. The minimum Gasteiger partial charge on any atom is -0.497 e. The van der Waals surface area contributed by atoms with Crippen LogP contribution in [-0.4, -0.2) is 31.2 Å². The highest BCUT2D eigenvalue weighted by molar-refractivity contribution is 5.99. The first-order valence-electron chi connectivity index (χ1n) is 7.96. The minimum atomic E-state index is -0.312. The van der Waals surface area contributed by atoms with Crippen LogP contribution in [0.5, 0.6) is 5.75 Å². The van der Waals surface area contributed by atoms with Crippen molar-refractivity contribution in [1.29, 1.82) is 0 Å². The van der Waals surface area contributed by atoms with Crippen LogP contribution in [0.25, 0.3) is 0 Å². The summed E-state index contributed by atoms with van der Waals surface area (Å²) in [6.45, 7) is 3.02. The lowest BCUT2D eigenvalue weighted by Gasteiger charge is -2.07. The third-order valence-corrected chi connectivity index (χ3v) is 3.39. The van der Waals surface area contributed by atoms with E-state index in [1.54, 1.807) is 50.4 Å². The lowest BCUT2D eigenvalue weighted by atomic mass is 10.1. The molecule has 0 saturated carbocycles. The molecule has 2 aromatic carbocycles. The van der Waals surface area contributed by atoms with Crippen molar-refractivity contribution in [3.8, 4) is 5.75 Å². The summed E-state index contributed by atoms with van der Waals surface area (Å²) in [5, 5.41) is 9.33. The fourth-order valence-electron chi connectivity index (χ4n) is 2.11. The maximum atomic E-state index is 11.9. The average Bonchev–Trinajstić information content (AvgIpc) is 2.62. The number of ether oxygens (including phenoxy) is 1. The van der Waals surface area contributed by atoms with Crippen molar-refractivity contribution < 1.29 is 19.2 Å². The number of anilines is 2. The van der Waals surface area contributed by atoms with Gasteiger partial charge in [-0.3, -0.25) is 9.59 Å². The van der Waals surface area contributed by atoms with Gasteiger partial charge in [0.2, 0.25) is 5.91 Å². The molecule has 0 saturated heterocycles. The van der Waals surface area contributed by atoms with Gasteiger partial charge in [0.25, 0.3) is 5.91 Å². The Morgan fingerprint density at radius 3 is 2.08 bits per heavy atom. The number of oxime groups is 1. The van der Waals surface area contributed by atoms with Crippen molar-refractivity contribution in [2.24, 2.45) is 5.16 Å². The van der Waals surface area contributed by atoms with Crippen LogP contribution in [0, 0.1) is 0 Å². The molecule has 0 radical (unpaired) electrons. The van der Waals surface area contributed by atoms with Gasteiger partial charge in [-0.15, -0.1) is 0 Å². The number of hydrogen-bond donors (Lipinski definition) is 2. The first-order valence-corrected chi connectivity index (χ1v) is 7.96. The van der Waals surface area contributed by atoms with Gasteiger partial charge in [-0.05, 0) is 48.9 Å². The Morgan fingerprint density at radius 2 is 1.50 bits per heavy atom. The lowest BCUT2D eigenvalue weighted by molar-refractivity contribution is -0.120. The molecule has 136 valence electrons. The molecular weight excluding hydrogens is 334 g/mol. The molecule has 0 fully saturated rings. The summed E-state index contributed by atoms with van der Waals surface area (Å²) in [5.74, 6) is 0.270. The molecule has 0 spiro atoms. The van der Waals surface area contributed by atoms with Gasteiger partial charge >= 0.3 is 0 Å². The number of carbonyl (C=O) groups excluding carboxylic acids is 2.